The fraction of sp³-hybridized carbons (Fsp3) is 0.250. The van der Waals surface area contributed by atoms with Gasteiger partial charge in [0.25, 0.3) is 0 Å². The lowest BCUT2D eigenvalue weighted by Crippen LogP contribution is -2.52. The maximum atomic E-state index is 12.0. The molecule has 7 heteroatoms. The Morgan fingerprint density at radius 1 is 0.842 bits per heavy atom. The highest BCUT2D eigenvalue weighted by Crippen LogP contribution is 1.96. The van der Waals surface area contributed by atoms with Gasteiger partial charge in [-0.15, -0.1) is 19.7 Å². The first kappa shape index (κ1) is 15.0. The monoisotopic (exact) mass is 281 g/mol. The van der Waals surface area contributed by atoms with Crippen molar-refractivity contribution in [2.45, 2.75) is 13.1 Å². The molecule has 1 heterocycles. The Bertz CT molecular complexity index is 618. The van der Waals surface area contributed by atoms with Crippen LogP contribution in [0, 0.1) is 0 Å². The van der Waals surface area contributed by atoms with Gasteiger partial charge in [0.2, 0.25) is 0 Å². The van der Waals surface area contributed by atoms with Crippen LogP contribution in [-0.2, 0) is 13.1 Å². The van der Waals surface area contributed by atoms with Gasteiger partial charge < -0.3 is 0 Å². The summed E-state index contributed by atoms with van der Waals surface area (Å²) in [4.78, 5) is 36.1. The van der Waals surface area contributed by atoms with E-state index in [4.69, 9.17) is 0 Å². The van der Waals surface area contributed by atoms with E-state index in [1.165, 1.54) is 12.2 Å². The third-order valence-corrected chi connectivity index (χ3v) is 3.17. The van der Waals surface area contributed by atoms with Crippen molar-refractivity contribution in [3.8, 4) is 0 Å². The molecule has 0 fully saturated rings. The Hall–Kier alpha value is -2.02. The first-order chi connectivity index (χ1) is 9.08. The van der Waals surface area contributed by atoms with Crippen LogP contribution in [0.2, 0.25) is 0 Å². The summed E-state index contributed by atoms with van der Waals surface area (Å²) in [5.41, 5.74) is -1.99. The standard InChI is InChI=1S/C12H15N3O3S/c1-4-7-13-10(16)14(8-5-2)12(18)15(11(13)17)19-9-6-3/h4-6H,1-3,7-9H2. The van der Waals surface area contributed by atoms with Crippen LogP contribution >= 0.6 is 11.9 Å². The summed E-state index contributed by atoms with van der Waals surface area (Å²) >= 11 is 0.987. The van der Waals surface area contributed by atoms with Gasteiger partial charge in [-0.1, -0.05) is 18.2 Å². The van der Waals surface area contributed by atoms with Crippen LogP contribution in [0.1, 0.15) is 0 Å². The molecular weight excluding hydrogens is 266 g/mol. The van der Waals surface area contributed by atoms with Crippen LogP contribution in [0.4, 0.5) is 0 Å². The first-order valence-corrected chi connectivity index (χ1v) is 6.45. The van der Waals surface area contributed by atoms with E-state index in [2.05, 4.69) is 19.7 Å². The number of rotatable bonds is 7. The van der Waals surface area contributed by atoms with E-state index in [-0.39, 0.29) is 13.1 Å². The Kier molecular flexibility index (Phi) is 5.37. The minimum absolute atomic E-state index is 0.0454. The Balaban J connectivity index is 3.63. The molecule has 102 valence electrons. The minimum atomic E-state index is -0.665. The summed E-state index contributed by atoms with van der Waals surface area (Å²) < 4.78 is 2.85. The van der Waals surface area contributed by atoms with Gasteiger partial charge >= 0.3 is 17.1 Å². The van der Waals surface area contributed by atoms with E-state index >= 15 is 0 Å². The van der Waals surface area contributed by atoms with Gasteiger partial charge in [-0.3, -0.25) is 0 Å². The third-order valence-electron chi connectivity index (χ3n) is 2.22. The number of hydrogen-bond acceptors (Lipinski definition) is 4. The highest BCUT2D eigenvalue weighted by atomic mass is 32.2. The van der Waals surface area contributed by atoms with Gasteiger partial charge in [-0.2, -0.15) is 3.97 Å². The first-order valence-electron chi connectivity index (χ1n) is 5.51. The quantitative estimate of drug-likeness (QED) is 0.671. The molecule has 0 spiro atoms. The van der Waals surface area contributed by atoms with Gasteiger partial charge in [-0.25, -0.2) is 23.5 Å². The maximum absolute atomic E-state index is 12.0. The summed E-state index contributed by atoms with van der Waals surface area (Å²) in [5.74, 6) is 0.384. The lowest BCUT2D eigenvalue weighted by molar-refractivity contribution is 0.559. The second kappa shape index (κ2) is 6.79. The van der Waals surface area contributed by atoms with Crippen LogP contribution in [0.5, 0.6) is 0 Å². The zero-order valence-electron chi connectivity index (χ0n) is 10.4. The van der Waals surface area contributed by atoms with Crippen LogP contribution in [-0.4, -0.2) is 18.9 Å². The van der Waals surface area contributed by atoms with Crippen molar-refractivity contribution in [3.63, 3.8) is 0 Å². The summed E-state index contributed by atoms with van der Waals surface area (Å²) in [6.45, 7) is 10.6. The molecule has 1 aromatic heterocycles. The summed E-state index contributed by atoms with van der Waals surface area (Å²) in [6.07, 6.45) is 4.42. The smallest absolute Gasteiger partial charge is 0.247 e. The van der Waals surface area contributed by atoms with Crippen LogP contribution < -0.4 is 17.1 Å². The van der Waals surface area contributed by atoms with Crippen molar-refractivity contribution < 1.29 is 0 Å². The van der Waals surface area contributed by atoms with Crippen molar-refractivity contribution in [3.05, 3.63) is 69.4 Å². The van der Waals surface area contributed by atoms with Crippen molar-refractivity contribution in [1.82, 2.24) is 13.1 Å². The molecule has 0 unspecified atom stereocenters. The molecule has 0 radical (unpaired) electrons. The molecular formula is C12H15N3O3S. The molecule has 0 aliphatic rings. The van der Waals surface area contributed by atoms with E-state index in [1.54, 1.807) is 6.08 Å². The van der Waals surface area contributed by atoms with Crippen molar-refractivity contribution in [2.75, 3.05) is 5.75 Å². The van der Waals surface area contributed by atoms with Crippen LogP contribution in [0.25, 0.3) is 0 Å². The van der Waals surface area contributed by atoms with Gasteiger partial charge in [0.1, 0.15) is 0 Å². The molecule has 0 bridgehead atoms. The molecule has 6 nitrogen and oxygen atoms in total. The molecule has 0 aliphatic heterocycles. The van der Waals surface area contributed by atoms with Crippen molar-refractivity contribution in [1.29, 1.82) is 0 Å². The fourth-order valence-corrected chi connectivity index (χ4v) is 2.09. The summed E-state index contributed by atoms with van der Waals surface area (Å²) in [5, 5.41) is 0. The summed E-state index contributed by atoms with van der Waals surface area (Å²) in [6, 6.07) is 0. The highest BCUT2D eigenvalue weighted by molar-refractivity contribution is 7.97. The van der Waals surface area contributed by atoms with Crippen LogP contribution in [0.3, 0.4) is 0 Å². The molecule has 0 saturated carbocycles. The summed E-state index contributed by atoms with van der Waals surface area (Å²) in [7, 11) is 0. The molecule has 0 atom stereocenters. The molecule has 19 heavy (non-hydrogen) atoms. The predicted octanol–water partition coefficient (Wildman–Crippen LogP) is 0.226. The average Bonchev–Trinajstić information content (AvgIpc) is 2.40. The number of aromatic nitrogens is 3. The third kappa shape index (κ3) is 3.05. The lowest BCUT2D eigenvalue weighted by Gasteiger charge is -2.10. The highest BCUT2D eigenvalue weighted by Gasteiger charge is 2.13. The van der Waals surface area contributed by atoms with Gasteiger partial charge in [0.15, 0.2) is 0 Å². The van der Waals surface area contributed by atoms with Gasteiger partial charge in [0.05, 0.1) is 13.1 Å². The maximum Gasteiger partial charge on any atom is 0.346 e. The normalized spacial score (nSPS) is 10.1. The zero-order valence-corrected chi connectivity index (χ0v) is 11.3. The number of allylic oxidation sites excluding steroid dienone is 2. The number of hydrogen-bond donors (Lipinski definition) is 0. The van der Waals surface area contributed by atoms with E-state index < -0.39 is 17.1 Å². The second-order valence-corrected chi connectivity index (χ2v) is 4.48. The molecule has 0 aromatic carbocycles. The number of nitrogens with zero attached hydrogens (tertiary/aromatic N) is 3. The molecule has 0 amide bonds. The van der Waals surface area contributed by atoms with E-state index in [1.807, 2.05) is 0 Å². The van der Waals surface area contributed by atoms with Gasteiger partial charge in [-0.05, 0) is 11.9 Å². The Labute approximate surface area is 114 Å². The van der Waals surface area contributed by atoms with Crippen molar-refractivity contribution >= 4 is 11.9 Å². The molecule has 0 aliphatic carbocycles. The topological polar surface area (TPSA) is 66.0 Å². The molecule has 0 saturated heterocycles. The zero-order chi connectivity index (χ0) is 14.4. The van der Waals surface area contributed by atoms with E-state index in [0.29, 0.717) is 5.75 Å². The molecule has 1 aromatic rings. The van der Waals surface area contributed by atoms with E-state index in [0.717, 1.165) is 25.1 Å². The van der Waals surface area contributed by atoms with Gasteiger partial charge in [0, 0.05) is 5.75 Å². The Morgan fingerprint density at radius 3 is 1.68 bits per heavy atom. The Morgan fingerprint density at radius 2 is 1.32 bits per heavy atom. The lowest BCUT2D eigenvalue weighted by atomic mass is 10.6. The fourth-order valence-electron chi connectivity index (χ4n) is 1.42. The second-order valence-electron chi connectivity index (χ2n) is 3.53. The minimum Gasteiger partial charge on any atom is -0.247 e. The largest absolute Gasteiger partial charge is 0.346 e. The SMILES string of the molecule is C=CCSn1c(=O)n(CC=C)c(=O)n(CC=C)c1=O. The van der Waals surface area contributed by atoms with Crippen molar-refractivity contribution in [2.24, 2.45) is 0 Å². The average molecular weight is 281 g/mol. The predicted molar refractivity (Wildman–Crippen MR) is 77.7 cm³/mol. The van der Waals surface area contributed by atoms with E-state index in [9.17, 15) is 14.4 Å². The molecule has 1 rings (SSSR count). The molecule has 0 N–H and O–H groups in total. The van der Waals surface area contributed by atoms with Crippen LogP contribution in [0.15, 0.2) is 52.3 Å².